The average molecular weight is 711 g/mol. The summed E-state index contributed by atoms with van der Waals surface area (Å²) in [4.78, 5) is 0. The predicted molar refractivity (Wildman–Crippen MR) is 242 cm³/mol. The van der Waals surface area contributed by atoms with Gasteiger partial charge in [-0.2, -0.15) is 0 Å². The van der Waals surface area contributed by atoms with Crippen LogP contribution in [0.1, 0.15) is 11.1 Å². The Labute approximate surface area is 328 Å². The maximum absolute atomic E-state index is 2.37. The minimum atomic E-state index is 1.17. The Hall–Kier alpha value is -7.28. The molecule has 10 rings (SSSR count). The lowest BCUT2D eigenvalue weighted by Crippen LogP contribution is -1.92. The Balaban J connectivity index is 1.08. The van der Waals surface area contributed by atoms with Crippen LogP contribution in [-0.4, -0.2) is 0 Å². The van der Waals surface area contributed by atoms with Crippen LogP contribution in [0.2, 0.25) is 0 Å². The molecule has 0 heteroatoms. The van der Waals surface area contributed by atoms with E-state index >= 15 is 0 Å². The van der Waals surface area contributed by atoms with Gasteiger partial charge in [0.05, 0.1) is 0 Å². The molecule has 0 saturated heterocycles. The largest absolute Gasteiger partial charge is 0.0622 e. The number of rotatable bonds is 7. The van der Waals surface area contributed by atoms with Crippen LogP contribution in [0.5, 0.6) is 0 Å². The van der Waals surface area contributed by atoms with E-state index in [2.05, 4.69) is 231 Å². The lowest BCUT2D eigenvalue weighted by molar-refractivity contribution is 1.58. The SMILES string of the molecule is C(=C\c1ccc(-c2ccccc2)c2ccccc12)/c1ccc(-c2c3ccccc3c(-c3cc(-c4ccccc4)cc(-c4ccccc4)c3)c3ccccc23)cc1. The summed E-state index contributed by atoms with van der Waals surface area (Å²) in [5.74, 6) is 0. The lowest BCUT2D eigenvalue weighted by atomic mass is 9.84. The van der Waals surface area contributed by atoms with E-state index in [0.29, 0.717) is 0 Å². The first-order chi connectivity index (χ1) is 27.8. The molecule has 0 aliphatic rings. The molecular formula is C56H38. The average Bonchev–Trinajstić information content (AvgIpc) is 3.28. The molecule has 0 radical (unpaired) electrons. The summed E-state index contributed by atoms with van der Waals surface area (Å²) in [6, 6.07) is 79.3. The third-order valence-electron chi connectivity index (χ3n) is 11.1. The summed E-state index contributed by atoms with van der Waals surface area (Å²) in [6.45, 7) is 0. The fourth-order valence-corrected chi connectivity index (χ4v) is 8.40. The molecule has 0 aliphatic heterocycles. The summed E-state index contributed by atoms with van der Waals surface area (Å²) in [7, 11) is 0. The van der Waals surface area contributed by atoms with Crippen LogP contribution in [0.15, 0.2) is 218 Å². The van der Waals surface area contributed by atoms with Gasteiger partial charge in [-0.05, 0) is 117 Å². The van der Waals surface area contributed by atoms with Gasteiger partial charge in [0.1, 0.15) is 0 Å². The zero-order chi connectivity index (χ0) is 37.3. The highest BCUT2D eigenvalue weighted by atomic mass is 14.2. The molecule has 0 aromatic heterocycles. The van der Waals surface area contributed by atoms with Gasteiger partial charge in [-0.25, -0.2) is 0 Å². The van der Waals surface area contributed by atoms with Crippen LogP contribution in [0.4, 0.5) is 0 Å². The Morgan fingerprint density at radius 2 is 0.643 bits per heavy atom. The Kier molecular flexibility index (Phi) is 8.63. The van der Waals surface area contributed by atoms with Crippen molar-refractivity contribution in [3.05, 3.63) is 230 Å². The Bertz CT molecular complexity index is 2910. The second-order valence-corrected chi connectivity index (χ2v) is 14.4. The maximum atomic E-state index is 2.37. The highest BCUT2D eigenvalue weighted by Crippen LogP contribution is 2.45. The lowest BCUT2D eigenvalue weighted by Gasteiger charge is -2.19. The molecule has 10 aromatic rings. The highest BCUT2D eigenvalue weighted by molar-refractivity contribution is 6.21. The summed E-state index contributed by atoms with van der Waals surface area (Å²) >= 11 is 0. The van der Waals surface area contributed by atoms with Crippen molar-refractivity contribution in [3.8, 4) is 55.6 Å². The van der Waals surface area contributed by atoms with Gasteiger partial charge in [0.2, 0.25) is 0 Å². The third-order valence-corrected chi connectivity index (χ3v) is 11.1. The standard InChI is InChI=1S/C56H38/c1-4-16-40(17-5-1)45-36-46(41-18-6-2-7-19-41)38-47(37-45)56-53-26-14-12-24-51(53)55(52-25-13-15-27-54(52)56)44-32-29-39(30-33-44)28-31-43-34-35-49(42-20-8-3-9-21-42)50-23-11-10-22-48(43)50/h1-38H/b31-28+. The minimum absolute atomic E-state index is 1.17. The summed E-state index contributed by atoms with van der Waals surface area (Å²) in [5.41, 5.74) is 14.7. The predicted octanol–water partition coefficient (Wildman–Crippen LogP) is 15.7. The van der Waals surface area contributed by atoms with Crippen LogP contribution in [0, 0.1) is 0 Å². The number of hydrogen-bond acceptors (Lipinski definition) is 0. The molecule has 0 aliphatic carbocycles. The number of benzene rings is 10. The van der Waals surface area contributed by atoms with Gasteiger partial charge >= 0.3 is 0 Å². The van der Waals surface area contributed by atoms with E-state index in [4.69, 9.17) is 0 Å². The van der Waals surface area contributed by atoms with Crippen molar-refractivity contribution in [1.29, 1.82) is 0 Å². The van der Waals surface area contributed by atoms with Crippen molar-refractivity contribution in [2.75, 3.05) is 0 Å². The molecule has 0 unspecified atom stereocenters. The zero-order valence-electron chi connectivity index (χ0n) is 30.9. The van der Waals surface area contributed by atoms with E-state index < -0.39 is 0 Å². The molecule has 0 atom stereocenters. The molecule has 0 bridgehead atoms. The molecule has 0 heterocycles. The van der Waals surface area contributed by atoms with E-state index in [1.54, 1.807) is 0 Å². The van der Waals surface area contributed by atoms with Gasteiger partial charge in [0, 0.05) is 0 Å². The van der Waals surface area contributed by atoms with Gasteiger partial charge in [0.15, 0.2) is 0 Å². The number of hydrogen-bond donors (Lipinski definition) is 0. The van der Waals surface area contributed by atoms with Crippen molar-refractivity contribution < 1.29 is 0 Å². The van der Waals surface area contributed by atoms with Crippen molar-refractivity contribution in [1.82, 2.24) is 0 Å². The fourth-order valence-electron chi connectivity index (χ4n) is 8.40. The molecule has 10 aromatic carbocycles. The van der Waals surface area contributed by atoms with E-state index in [-0.39, 0.29) is 0 Å². The monoisotopic (exact) mass is 710 g/mol. The second kappa shape index (κ2) is 14.5. The van der Waals surface area contributed by atoms with Gasteiger partial charge < -0.3 is 0 Å². The van der Waals surface area contributed by atoms with Crippen LogP contribution >= 0.6 is 0 Å². The van der Waals surface area contributed by atoms with Gasteiger partial charge in [-0.15, -0.1) is 0 Å². The number of fused-ring (bicyclic) bond motifs is 3. The van der Waals surface area contributed by atoms with Gasteiger partial charge in [0.25, 0.3) is 0 Å². The van der Waals surface area contributed by atoms with Crippen LogP contribution in [0.25, 0.3) is 100 Å². The van der Waals surface area contributed by atoms with Gasteiger partial charge in [-0.1, -0.05) is 212 Å². The minimum Gasteiger partial charge on any atom is -0.0622 e. The molecule has 0 saturated carbocycles. The van der Waals surface area contributed by atoms with Crippen molar-refractivity contribution in [3.63, 3.8) is 0 Å². The summed E-state index contributed by atoms with van der Waals surface area (Å²) in [5, 5.41) is 7.52. The van der Waals surface area contributed by atoms with Crippen LogP contribution in [-0.2, 0) is 0 Å². The van der Waals surface area contributed by atoms with Crippen LogP contribution in [0.3, 0.4) is 0 Å². The summed E-state index contributed by atoms with van der Waals surface area (Å²) in [6.07, 6.45) is 4.48. The Morgan fingerprint density at radius 1 is 0.232 bits per heavy atom. The van der Waals surface area contributed by atoms with E-state index in [0.717, 1.165) is 0 Å². The molecule has 0 spiro atoms. The third kappa shape index (κ3) is 6.18. The summed E-state index contributed by atoms with van der Waals surface area (Å²) < 4.78 is 0. The first kappa shape index (κ1) is 33.3. The first-order valence-corrected chi connectivity index (χ1v) is 19.3. The Morgan fingerprint density at radius 3 is 1.16 bits per heavy atom. The molecule has 0 N–H and O–H groups in total. The van der Waals surface area contributed by atoms with Crippen molar-refractivity contribution in [2.24, 2.45) is 0 Å². The maximum Gasteiger partial charge on any atom is -0.00259 e. The smallest absolute Gasteiger partial charge is 0.00259 e. The zero-order valence-corrected chi connectivity index (χ0v) is 30.9. The molecule has 56 heavy (non-hydrogen) atoms. The molecular weight excluding hydrogens is 673 g/mol. The molecule has 0 amide bonds. The van der Waals surface area contributed by atoms with E-state index in [1.165, 1.54) is 99.1 Å². The molecule has 262 valence electrons. The van der Waals surface area contributed by atoms with Crippen molar-refractivity contribution >= 4 is 44.5 Å². The van der Waals surface area contributed by atoms with E-state index in [9.17, 15) is 0 Å². The quantitative estimate of drug-likeness (QED) is 0.114. The highest BCUT2D eigenvalue weighted by Gasteiger charge is 2.18. The molecule has 0 fully saturated rings. The fraction of sp³-hybridized carbons (Fsp3) is 0. The van der Waals surface area contributed by atoms with Crippen molar-refractivity contribution in [2.45, 2.75) is 0 Å². The first-order valence-electron chi connectivity index (χ1n) is 19.3. The molecule has 0 nitrogen and oxygen atoms in total. The van der Waals surface area contributed by atoms with Gasteiger partial charge in [-0.3, -0.25) is 0 Å². The van der Waals surface area contributed by atoms with E-state index in [1.807, 2.05) is 0 Å². The second-order valence-electron chi connectivity index (χ2n) is 14.4. The van der Waals surface area contributed by atoms with Crippen LogP contribution < -0.4 is 0 Å². The topological polar surface area (TPSA) is 0 Å². The normalized spacial score (nSPS) is 11.5.